The summed E-state index contributed by atoms with van der Waals surface area (Å²) in [5.41, 5.74) is 0.957. The second-order valence-corrected chi connectivity index (χ2v) is 13.3. The van der Waals surface area contributed by atoms with Crippen molar-refractivity contribution in [3.8, 4) is 5.75 Å². The molecule has 1 fully saturated rings. The number of unbranched alkanes of at least 4 members (excludes halogenated alkanes) is 3. The first-order chi connectivity index (χ1) is 23.1. The quantitative estimate of drug-likeness (QED) is 0.0538. The SMILES string of the molecule is CCCCO[C@@H]1[C@@H](OCCCC)[C@](OC)(c2ccc(Cl)c(Cc3ccc(OCC)c(F)c3)c2)O[C@](CI)(COC(C)=O)[C@H]1OCCCC. The van der Waals surface area contributed by atoms with Gasteiger partial charge in [0, 0.05) is 48.9 Å². The molecule has 0 unspecified atom stereocenters. The van der Waals surface area contributed by atoms with E-state index in [-0.39, 0.29) is 12.4 Å². The van der Waals surface area contributed by atoms with Gasteiger partial charge in [-0.3, -0.25) is 4.79 Å². The number of rotatable bonds is 21. The number of halogens is 3. The standard InChI is InChI=1S/C37H53ClFIO8/c1-7-11-18-44-33-34(45-19-12-8-2)36(24-40,25-47-26(5)41)48-37(42-6,35(33)46-20-13-9-3)29-15-16-30(38)28(23-29)21-27-14-17-32(43-10-4)31(39)22-27/h14-17,22-23,33-35H,7-13,18-21,24-25H2,1-6H3/t33-,34-,35+,36+,37-/m0/s1. The summed E-state index contributed by atoms with van der Waals surface area (Å²) in [6.07, 6.45) is 3.63. The monoisotopic (exact) mass is 806 g/mol. The molecule has 1 saturated heterocycles. The van der Waals surface area contributed by atoms with Gasteiger partial charge in [0.05, 0.1) is 6.61 Å². The first-order valence-corrected chi connectivity index (χ1v) is 19.0. The highest BCUT2D eigenvalue weighted by atomic mass is 127. The fraction of sp³-hybridized carbons (Fsp3) is 0.649. The number of ether oxygens (including phenoxy) is 7. The lowest BCUT2D eigenvalue weighted by atomic mass is 9.81. The summed E-state index contributed by atoms with van der Waals surface area (Å²) in [4.78, 5) is 12.2. The van der Waals surface area contributed by atoms with E-state index in [1.165, 1.54) is 13.0 Å². The molecule has 1 aliphatic heterocycles. The number of esters is 1. The Morgan fingerprint density at radius 1 is 0.938 bits per heavy atom. The third-order valence-electron chi connectivity index (χ3n) is 8.43. The summed E-state index contributed by atoms with van der Waals surface area (Å²) >= 11 is 9.03. The van der Waals surface area contributed by atoms with Crippen LogP contribution in [0.2, 0.25) is 5.02 Å². The van der Waals surface area contributed by atoms with E-state index in [1.54, 1.807) is 19.2 Å². The maximum atomic E-state index is 14.8. The van der Waals surface area contributed by atoms with Gasteiger partial charge in [-0.15, -0.1) is 0 Å². The maximum absolute atomic E-state index is 14.8. The normalized spacial score (nSPS) is 24.1. The van der Waals surface area contributed by atoms with Crippen molar-refractivity contribution in [2.75, 3.05) is 44.6 Å². The van der Waals surface area contributed by atoms with Gasteiger partial charge in [0.15, 0.2) is 11.6 Å². The van der Waals surface area contributed by atoms with Crippen LogP contribution < -0.4 is 4.74 Å². The molecule has 0 spiro atoms. The molecule has 270 valence electrons. The van der Waals surface area contributed by atoms with Crippen LogP contribution >= 0.6 is 34.2 Å². The Morgan fingerprint density at radius 3 is 2.15 bits per heavy atom. The molecule has 0 aromatic heterocycles. The summed E-state index contributed by atoms with van der Waals surface area (Å²) in [5, 5.41) is 0.509. The van der Waals surface area contributed by atoms with Crippen molar-refractivity contribution in [1.29, 1.82) is 0 Å². The van der Waals surface area contributed by atoms with Gasteiger partial charge in [-0.1, -0.05) is 86.4 Å². The van der Waals surface area contributed by atoms with E-state index in [9.17, 15) is 9.18 Å². The number of alkyl halides is 1. The van der Waals surface area contributed by atoms with Crippen LogP contribution in [0, 0.1) is 5.82 Å². The Morgan fingerprint density at radius 2 is 1.58 bits per heavy atom. The van der Waals surface area contributed by atoms with Crippen LogP contribution in [-0.4, -0.2) is 74.5 Å². The van der Waals surface area contributed by atoms with Crippen LogP contribution in [0.15, 0.2) is 36.4 Å². The summed E-state index contributed by atoms with van der Waals surface area (Å²) < 4.78 is 60.0. The van der Waals surface area contributed by atoms with E-state index in [1.807, 2.05) is 25.1 Å². The molecule has 3 rings (SSSR count). The number of hydrogen-bond acceptors (Lipinski definition) is 8. The van der Waals surface area contributed by atoms with Gasteiger partial charge in [-0.05, 0) is 68.0 Å². The fourth-order valence-corrected chi connectivity index (χ4v) is 6.84. The largest absolute Gasteiger partial charge is 0.491 e. The summed E-state index contributed by atoms with van der Waals surface area (Å²) in [6.45, 7) is 11.2. The summed E-state index contributed by atoms with van der Waals surface area (Å²) in [7, 11) is 1.58. The van der Waals surface area contributed by atoms with Crippen molar-refractivity contribution in [1.82, 2.24) is 0 Å². The molecular weight excluding hydrogens is 754 g/mol. The first-order valence-electron chi connectivity index (χ1n) is 17.1. The molecule has 48 heavy (non-hydrogen) atoms. The van der Waals surface area contributed by atoms with Gasteiger partial charge in [0.1, 0.15) is 30.5 Å². The molecular formula is C37H53ClFIO8. The maximum Gasteiger partial charge on any atom is 0.302 e. The van der Waals surface area contributed by atoms with Crippen molar-refractivity contribution in [2.45, 2.75) is 109 Å². The Balaban J connectivity index is 2.21. The molecule has 5 atom stereocenters. The van der Waals surface area contributed by atoms with Gasteiger partial charge >= 0.3 is 5.97 Å². The minimum atomic E-state index is -1.51. The zero-order valence-corrected chi connectivity index (χ0v) is 32.2. The zero-order valence-electron chi connectivity index (χ0n) is 29.3. The van der Waals surface area contributed by atoms with Gasteiger partial charge in [-0.25, -0.2) is 4.39 Å². The molecule has 11 heteroatoms. The lowest BCUT2D eigenvalue weighted by Crippen LogP contribution is -2.72. The highest BCUT2D eigenvalue weighted by Crippen LogP contribution is 2.48. The number of carbonyl (C=O) groups excluding carboxylic acids is 1. The number of hydrogen-bond donors (Lipinski definition) is 0. The molecule has 0 amide bonds. The molecule has 8 nitrogen and oxygen atoms in total. The Bertz CT molecular complexity index is 1280. The van der Waals surface area contributed by atoms with Gasteiger partial charge in [0.25, 0.3) is 0 Å². The van der Waals surface area contributed by atoms with E-state index in [2.05, 4.69) is 43.4 Å². The van der Waals surface area contributed by atoms with Crippen molar-refractivity contribution in [2.24, 2.45) is 0 Å². The lowest BCUT2D eigenvalue weighted by molar-refractivity contribution is -0.405. The smallest absolute Gasteiger partial charge is 0.302 e. The van der Waals surface area contributed by atoms with Crippen LogP contribution in [-0.2, 0) is 45.4 Å². The molecule has 0 radical (unpaired) electrons. The van der Waals surface area contributed by atoms with Crippen molar-refractivity contribution < 1.29 is 42.3 Å². The van der Waals surface area contributed by atoms with Crippen LogP contribution in [0.1, 0.15) is 89.8 Å². The van der Waals surface area contributed by atoms with Gasteiger partial charge in [-0.2, -0.15) is 0 Å². The van der Waals surface area contributed by atoms with E-state index in [4.69, 9.17) is 44.8 Å². The second kappa shape index (κ2) is 20.3. The Hall–Kier alpha value is -1.54. The minimum Gasteiger partial charge on any atom is -0.491 e. The van der Waals surface area contributed by atoms with Crippen LogP contribution in [0.3, 0.4) is 0 Å². The minimum absolute atomic E-state index is 0.0750. The van der Waals surface area contributed by atoms with Gasteiger partial charge in [0.2, 0.25) is 5.79 Å². The first kappa shape index (κ1) is 40.9. The molecule has 0 bridgehead atoms. The molecule has 2 aromatic carbocycles. The molecule has 2 aromatic rings. The predicted molar refractivity (Wildman–Crippen MR) is 194 cm³/mol. The molecule has 1 heterocycles. The Kier molecular flexibility index (Phi) is 17.3. The molecule has 0 aliphatic carbocycles. The molecule has 0 N–H and O–H groups in total. The average molecular weight is 807 g/mol. The Labute approximate surface area is 304 Å². The number of carbonyl (C=O) groups is 1. The third kappa shape index (κ3) is 10.3. The average Bonchev–Trinajstić information content (AvgIpc) is 3.07. The predicted octanol–water partition coefficient (Wildman–Crippen LogP) is 8.59. The van der Waals surface area contributed by atoms with E-state index in [0.717, 1.165) is 49.7 Å². The zero-order chi connectivity index (χ0) is 35.2. The fourth-order valence-electron chi connectivity index (χ4n) is 5.84. The van der Waals surface area contributed by atoms with E-state index >= 15 is 0 Å². The molecule has 1 aliphatic rings. The van der Waals surface area contributed by atoms with E-state index < -0.39 is 41.5 Å². The van der Waals surface area contributed by atoms with Crippen LogP contribution in [0.4, 0.5) is 4.39 Å². The lowest BCUT2D eigenvalue weighted by Gasteiger charge is -2.56. The van der Waals surface area contributed by atoms with Crippen LogP contribution in [0.25, 0.3) is 0 Å². The summed E-state index contributed by atoms with van der Waals surface area (Å²) in [5.74, 6) is -2.17. The topological polar surface area (TPSA) is 81.7 Å². The van der Waals surface area contributed by atoms with Gasteiger partial charge < -0.3 is 33.2 Å². The highest BCUT2D eigenvalue weighted by molar-refractivity contribution is 14.1. The summed E-state index contributed by atoms with van der Waals surface area (Å²) in [6, 6.07) is 10.5. The van der Waals surface area contributed by atoms with Crippen molar-refractivity contribution in [3.63, 3.8) is 0 Å². The number of methoxy groups -OCH3 is 1. The number of benzene rings is 2. The van der Waals surface area contributed by atoms with Crippen LogP contribution in [0.5, 0.6) is 5.75 Å². The highest BCUT2D eigenvalue weighted by Gasteiger charge is 2.64. The third-order valence-corrected chi connectivity index (χ3v) is 10.1. The second-order valence-electron chi connectivity index (χ2n) is 12.1. The van der Waals surface area contributed by atoms with E-state index in [0.29, 0.717) is 47.9 Å². The van der Waals surface area contributed by atoms with Crippen molar-refractivity contribution in [3.05, 3.63) is 63.9 Å². The van der Waals surface area contributed by atoms with Crippen molar-refractivity contribution >= 4 is 40.2 Å². The molecule has 0 saturated carbocycles.